The minimum atomic E-state index is -0.518. The first kappa shape index (κ1) is 20.2. The molecule has 0 bridgehead atoms. The van der Waals surface area contributed by atoms with Gasteiger partial charge in [0.1, 0.15) is 6.54 Å². The van der Waals surface area contributed by atoms with Crippen molar-refractivity contribution in [2.45, 2.75) is 6.54 Å². The maximum atomic E-state index is 12.5. The third-order valence-corrected chi connectivity index (χ3v) is 4.92. The van der Waals surface area contributed by atoms with Crippen LogP contribution in [-0.2, 0) is 11.3 Å². The number of imidazole rings is 1. The molecular formula is C18H13BrN8O4. The van der Waals surface area contributed by atoms with Crippen LogP contribution in [0.25, 0.3) is 22.6 Å². The first-order valence-electron chi connectivity index (χ1n) is 8.73. The summed E-state index contributed by atoms with van der Waals surface area (Å²) in [5, 5.41) is 22.2. The standard InChI is InChI=1S/C18H13BrN8O4/c19-11-6-5-10(7-14(11)27(29)30)8-21-23-15(28)9-26-13-4-2-1-3-12(13)22-18(26)16-17(20)25-31-24-16/h1-8H,9H2,(H2,20,25)(H,23,28)/b21-8-. The van der Waals surface area contributed by atoms with Gasteiger partial charge in [-0.05, 0) is 44.4 Å². The smallest absolute Gasteiger partial charge is 0.284 e. The van der Waals surface area contributed by atoms with Crippen molar-refractivity contribution in [1.29, 1.82) is 0 Å². The van der Waals surface area contributed by atoms with E-state index in [9.17, 15) is 14.9 Å². The molecular weight excluding hydrogens is 472 g/mol. The summed E-state index contributed by atoms with van der Waals surface area (Å²) in [6.45, 7) is -0.139. The molecule has 2 heterocycles. The number of rotatable bonds is 6. The molecule has 4 rings (SSSR count). The van der Waals surface area contributed by atoms with Crippen LogP contribution < -0.4 is 11.2 Å². The van der Waals surface area contributed by atoms with Gasteiger partial charge in [0.15, 0.2) is 17.3 Å². The summed E-state index contributed by atoms with van der Waals surface area (Å²) in [6.07, 6.45) is 1.31. The molecule has 2 aromatic heterocycles. The van der Waals surface area contributed by atoms with E-state index in [1.807, 2.05) is 12.1 Å². The van der Waals surface area contributed by atoms with E-state index < -0.39 is 10.8 Å². The number of hydrazone groups is 1. The number of hydrogen-bond donors (Lipinski definition) is 2. The maximum Gasteiger partial charge on any atom is 0.284 e. The second-order valence-electron chi connectivity index (χ2n) is 6.27. The van der Waals surface area contributed by atoms with Gasteiger partial charge in [-0.15, -0.1) is 0 Å². The van der Waals surface area contributed by atoms with Crippen LogP contribution in [0.5, 0.6) is 0 Å². The van der Waals surface area contributed by atoms with Gasteiger partial charge < -0.3 is 10.3 Å². The van der Waals surface area contributed by atoms with Gasteiger partial charge in [-0.25, -0.2) is 15.0 Å². The second-order valence-corrected chi connectivity index (χ2v) is 7.12. The van der Waals surface area contributed by atoms with E-state index in [1.165, 1.54) is 18.3 Å². The molecule has 0 fully saturated rings. The molecule has 13 heteroatoms. The van der Waals surface area contributed by atoms with Crippen LogP contribution in [0, 0.1) is 10.1 Å². The minimum Gasteiger partial charge on any atom is -0.379 e. The first-order chi connectivity index (χ1) is 14.9. The van der Waals surface area contributed by atoms with Crippen LogP contribution >= 0.6 is 15.9 Å². The number of carbonyl (C=O) groups is 1. The molecule has 0 aliphatic rings. The Morgan fingerprint density at radius 1 is 1.32 bits per heavy atom. The Morgan fingerprint density at radius 3 is 2.87 bits per heavy atom. The monoisotopic (exact) mass is 484 g/mol. The van der Waals surface area contributed by atoms with Gasteiger partial charge in [0.05, 0.1) is 26.6 Å². The van der Waals surface area contributed by atoms with E-state index in [0.717, 1.165) is 0 Å². The lowest BCUT2D eigenvalue weighted by Gasteiger charge is -2.06. The summed E-state index contributed by atoms with van der Waals surface area (Å²) in [5.41, 5.74) is 10.1. The fourth-order valence-corrected chi connectivity index (χ4v) is 3.27. The van der Waals surface area contributed by atoms with Crippen molar-refractivity contribution in [3.05, 3.63) is 62.6 Å². The number of nitrogen functional groups attached to an aromatic ring is 1. The number of nitrogens with zero attached hydrogens (tertiary/aromatic N) is 6. The van der Waals surface area contributed by atoms with E-state index in [1.54, 1.807) is 22.8 Å². The predicted molar refractivity (Wildman–Crippen MR) is 114 cm³/mol. The third-order valence-electron chi connectivity index (χ3n) is 4.25. The zero-order valence-electron chi connectivity index (χ0n) is 15.6. The Bertz CT molecular complexity index is 1330. The van der Waals surface area contributed by atoms with Crippen LogP contribution in [-0.4, -0.2) is 36.9 Å². The SMILES string of the molecule is Nc1nonc1-c1nc2ccccc2n1CC(=O)N/N=C\c1ccc(Br)c([N+](=O)[O-])c1. The Morgan fingerprint density at radius 2 is 2.13 bits per heavy atom. The number of fused-ring (bicyclic) bond motifs is 1. The fourth-order valence-electron chi connectivity index (χ4n) is 2.87. The maximum absolute atomic E-state index is 12.5. The van der Waals surface area contributed by atoms with Crippen molar-refractivity contribution in [3.63, 3.8) is 0 Å². The van der Waals surface area contributed by atoms with Gasteiger partial charge >= 0.3 is 0 Å². The average molecular weight is 485 g/mol. The molecule has 0 aliphatic heterocycles. The number of amides is 1. The van der Waals surface area contributed by atoms with E-state index >= 15 is 0 Å². The Labute approximate surface area is 182 Å². The minimum absolute atomic E-state index is 0.0480. The molecule has 4 aromatic rings. The van der Waals surface area contributed by atoms with E-state index in [-0.39, 0.29) is 23.7 Å². The number of aromatic nitrogens is 4. The van der Waals surface area contributed by atoms with E-state index in [4.69, 9.17) is 5.73 Å². The fraction of sp³-hybridized carbons (Fsp3) is 0.0556. The summed E-state index contributed by atoms with van der Waals surface area (Å²) in [7, 11) is 0. The molecule has 0 spiro atoms. The highest BCUT2D eigenvalue weighted by molar-refractivity contribution is 9.10. The Hall–Kier alpha value is -4.13. The number of carbonyl (C=O) groups excluding carboxylic acids is 1. The lowest BCUT2D eigenvalue weighted by Crippen LogP contribution is -2.23. The van der Waals surface area contributed by atoms with Gasteiger partial charge in [0, 0.05) is 11.6 Å². The lowest BCUT2D eigenvalue weighted by atomic mass is 10.2. The van der Waals surface area contributed by atoms with Gasteiger partial charge in [0.2, 0.25) is 0 Å². The van der Waals surface area contributed by atoms with Crippen LogP contribution in [0.1, 0.15) is 5.56 Å². The van der Waals surface area contributed by atoms with Crippen molar-refractivity contribution >= 4 is 50.6 Å². The molecule has 1 amide bonds. The molecule has 0 saturated heterocycles. The summed E-state index contributed by atoms with van der Waals surface area (Å²) >= 11 is 3.11. The summed E-state index contributed by atoms with van der Waals surface area (Å²) in [4.78, 5) is 27.5. The van der Waals surface area contributed by atoms with Crippen LogP contribution in [0.15, 0.2) is 56.7 Å². The van der Waals surface area contributed by atoms with Gasteiger partial charge in [-0.3, -0.25) is 14.9 Å². The van der Waals surface area contributed by atoms with Gasteiger partial charge in [-0.1, -0.05) is 18.2 Å². The molecule has 3 N–H and O–H groups in total. The van der Waals surface area contributed by atoms with Crippen molar-refractivity contribution in [3.8, 4) is 11.5 Å². The molecule has 156 valence electrons. The molecule has 0 saturated carbocycles. The highest BCUT2D eigenvalue weighted by Gasteiger charge is 2.20. The van der Waals surface area contributed by atoms with Crippen molar-refractivity contribution in [2.24, 2.45) is 5.10 Å². The molecule has 0 unspecified atom stereocenters. The van der Waals surface area contributed by atoms with Crippen LogP contribution in [0.4, 0.5) is 11.5 Å². The van der Waals surface area contributed by atoms with Crippen molar-refractivity contribution in [1.82, 2.24) is 25.3 Å². The largest absolute Gasteiger partial charge is 0.379 e. The summed E-state index contributed by atoms with van der Waals surface area (Å²) in [5.74, 6) is -0.0864. The Balaban J connectivity index is 1.55. The predicted octanol–water partition coefficient (Wildman–Crippen LogP) is 2.49. The average Bonchev–Trinajstić information content (AvgIpc) is 3.32. The lowest BCUT2D eigenvalue weighted by molar-refractivity contribution is -0.385. The number of halogens is 1. The molecule has 12 nitrogen and oxygen atoms in total. The third kappa shape index (κ3) is 4.11. The van der Waals surface area contributed by atoms with Crippen molar-refractivity contribution in [2.75, 3.05) is 5.73 Å². The zero-order chi connectivity index (χ0) is 22.0. The number of para-hydroxylation sites is 2. The summed E-state index contributed by atoms with van der Waals surface area (Å²) < 4.78 is 6.61. The molecule has 0 aliphatic carbocycles. The number of nitrogens with two attached hydrogens (primary N) is 1. The molecule has 31 heavy (non-hydrogen) atoms. The number of anilines is 1. The Kier molecular flexibility index (Phi) is 5.41. The molecule has 0 radical (unpaired) electrons. The number of nitro groups is 1. The second kappa shape index (κ2) is 8.31. The topological polar surface area (TPSA) is 167 Å². The van der Waals surface area contributed by atoms with Gasteiger partial charge in [-0.2, -0.15) is 5.10 Å². The van der Waals surface area contributed by atoms with Gasteiger partial charge in [0.25, 0.3) is 11.6 Å². The molecule has 2 aromatic carbocycles. The number of nitro benzene ring substituents is 1. The first-order valence-corrected chi connectivity index (χ1v) is 9.53. The zero-order valence-corrected chi connectivity index (χ0v) is 17.2. The summed E-state index contributed by atoms with van der Waals surface area (Å²) in [6, 6.07) is 11.7. The highest BCUT2D eigenvalue weighted by Crippen LogP contribution is 2.27. The van der Waals surface area contributed by atoms with E-state index in [2.05, 4.69) is 46.4 Å². The van der Waals surface area contributed by atoms with Crippen molar-refractivity contribution < 1.29 is 14.3 Å². The molecule has 0 atom stereocenters. The number of nitrogens with one attached hydrogen (secondary N) is 1. The number of benzene rings is 2. The van der Waals surface area contributed by atoms with Crippen LogP contribution in [0.2, 0.25) is 0 Å². The number of hydrogen-bond acceptors (Lipinski definition) is 9. The van der Waals surface area contributed by atoms with E-state index in [0.29, 0.717) is 26.9 Å². The quantitative estimate of drug-likeness (QED) is 0.239. The normalized spacial score (nSPS) is 11.3. The van der Waals surface area contributed by atoms with Crippen LogP contribution in [0.3, 0.4) is 0 Å². The highest BCUT2D eigenvalue weighted by atomic mass is 79.9.